The van der Waals surface area contributed by atoms with Crippen molar-refractivity contribution in [3.8, 4) is 5.75 Å². The van der Waals surface area contributed by atoms with Crippen molar-refractivity contribution in [1.29, 1.82) is 0 Å². The van der Waals surface area contributed by atoms with E-state index in [0.29, 0.717) is 12.5 Å². The quantitative estimate of drug-likeness (QED) is 0.176. The second kappa shape index (κ2) is 14.9. The first-order valence-electron chi connectivity index (χ1n) is 10.6. The molecule has 172 valence electrons. The molecule has 1 aromatic heterocycles. The monoisotopic (exact) mass is 542 g/mol. The number of unbranched alkanes of at least 4 members (excludes halogenated alkanes) is 1. The number of ether oxygens (including phenoxy) is 1. The maximum Gasteiger partial charge on any atom is 0.250 e. The summed E-state index contributed by atoms with van der Waals surface area (Å²) in [6.45, 7) is 8.41. The molecule has 1 heterocycles. The molecule has 1 aromatic carbocycles. The lowest BCUT2D eigenvalue weighted by molar-refractivity contribution is 0.186. The fraction of sp³-hybridized carbons (Fsp3) is 0.478. The van der Waals surface area contributed by atoms with E-state index in [2.05, 4.69) is 15.6 Å². The highest BCUT2D eigenvalue weighted by molar-refractivity contribution is 14.0. The van der Waals surface area contributed by atoms with Crippen molar-refractivity contribution in [2.24, 2.45) is 4.99 Å². The third kappa shape index (κ3) is 10.2. The summed E-state index contributed by atoms with van der Waals surface area (Å²) in [5.74, 6) is 1.46. The fourth-order valence-electron chi connectivity index (χ4n) is 2.92. The maximum absolute atomic E-state index is 11.7. The lowest BCUT2D eigenvalue weighted by Gasteiger charge is -2.14. The number of hydrogen-bond donors (Lipinski definition) is 3. The summed E-state index contributed by atoms with van der Waals surface area (Å²) in [5, 5.41) is 16.9. The molecule has 0 amide bonds. The second-order valence-electron chi connectivity index (χ2n) is 7.34. The van der Waals surface area contributed by atoms with Crippen LogP contribution in [0.3, 0.4) is 0 Å². The average molecular weight is 542 g/mol. The highest BCUT2D eigenvalue weighted by Crippen LogP contribution is 2.19. The zero-order valence-electron chi connectivity index (χ0n) is 18.6. The molecular formula is C23H35IN4O3. The third-order valence-corrected chi connectivity index (χ3v) is 4.42. The highest BCUT2D eigenvalue weighted by atomic mass is 127. The molecule has 0 bridgehead atoms. The van der Waals surface area contributed by atoms with Gasteiger partial charge in [0.05, 0.1) is 18.8 Å². The summed E-state index contributed by atoms with van der Waals surface area (Å²) in [6.07, 6.45) is 3.05. The largest absolute Gasteiger partial charge is 0.491 e. The molecule has 2 rings (SSSR count). The van der Waals surface area contributed by atoms with Crippen LogP contribution in [0.15, 0.2) is 58.4 Å². The number of aromatic nitrogens is 1. The van der Waals surface area contributed by atoms with E-state index in [1.54, 1.807) is 16.7 Å². The minimum absolute atomic E-state index is 0. The van der Waals surface area contributed by atoms with E-state index in [9.17, 15) is 9.90 Å². The van der Waals surface area contributed by atoms with Gasteiger partial charge >= 0.3 is 0 Å². The van der Waals surface area contributed by atoms with Crippen LogP contribution in [0.1, 0.15) is 45.3 Å². The minimum Gasteiger partial charge on any atom is -0.491 e. The zero-order valence-corrected chi connectivity index (χ0v) is 20.9. The van der Waals surface area contributed by atoms with Gasteiger partial charge in [-0.05, 0) is 57.4 Å². The number of pyridine rings is 1. The Morgan fingerprint density at radius 2 is 1.87 bits per heavy atom. The van der Waals surface area contributed by atoms with E-state index < -0.39 is 6.10 Å². The Morgan fingerprint density at radius 1 is 1.13 bits per heavy atom. The zero-order chi connectivity index (χ0) is 21.8. The minimum atomic E-state index is -0.682. The number of guanidine groups is 1. The van der Waals surface area contributed by atoms with Crippen molar-refractivity contribution < 1.29 is 9.84 Å². The molecule has 2 aromatic rings. The Bertz CT molecular complexity index is 837. The van der Waals surface area contributed by atoms with Crippen molar-refractivity contribution in [1.82, 2.24) is 15.2 Å². The number of nitrogens with zero attached hydrogens (tertiary/aromatic N) is 2. The van der Waals surface area contributed by atoms with Crippen molar-refractivity contribution in [3.05, 3.63) is 64.6 Å². The van der Waals surface area contributed by atoms with Gasteiger partial charge in [0, 0.05) is 31.9 Å². The van der Waals surface area contributed by atoms with Crippen LogP contribution in [0, 0.1) is 0 Å². The van der Waals surface area contributed by atoms with Crippen LogP contribution in [0.25, 0.3) is 0 Å². The first-order valence-corrected chi connectivity index (χ1v) is 10.6. The molecular weight excluding hydrogens is 507 g/mol. The molecule has 1 unspecified atom stereocenters. The van der Waals surface area contributed by atoms with E-state index >= 15 is 0 Å². The lowest BCUT2D eigenvalue weighted by atomic mass is 10.1. The van der Waals surface area contributed by atoms with Gasteiger partial charge in [-0.2, -0.15) is 0 Å². The van der Waals surface area contributed by atoms with Crippen molar-refractivity contribution in [2.75, 3.05) is 19.6 Å². The van der Waals surface area contributed by atoms with Gasteiger partial charge in [0.2, 0.25) is 5.56 Å². The van der Waals surface area contributed by atoms with E-state index in [1.807, 2.05) is 57.3 Å². The summed E-state index contributed by atoms with van der Waals surface area (Å²) in [4.78, 5) is 16.2. The predicted molar refractivity (Wildman–Crippen MR) is 136 cm³/mol. The average Bonchev–Trinajstić information content (AvgIpc) is 2.72. The predicted octanol–water partition coefficient (Wildman–Crippen LogP) is 3.32. The van der Waals surface area contributed by atoms with E-state index in [0.717, 1.165) is 37.2 Å². The molecule has 31 heavy (non-hydrogen) atoms. The topological polar surface area (TPSA) is 87.9 Å². The molecule has 0 saturated carbocycles. The van der Waals surface area contributed by atoms with Gasteiger partial charge < -0.3 is 25.0 Å². The lowest BCUT2D eigenvalue weighted by Crippen LogP contribution is -2.38. The van der Waals surface area contributed by atoms with Gasteiger partial charge in [0.1, 0.15) is 5.75 Å². The van der Waals surface area contributed by atoms with Gasteiger partial charge in [0.15, 0.2) is 5.96 Å². The Balaban J connectivity index is 0.00000480. The number of rotatable bonds is 11. The van der Waals surface area contributed by atoms with E-state index in [4.69, 9.17) is 4.74 Å². The molecule has 1 atom stereocenters. The Labute approximate surface area is 202 Å². The number of hydrogen-bond acceptors (Lipinski definition) is 4. The molecule has 0 spiro atoms. The molecule has 3 N–H and O–H groups in total. The Morgan fingerprint density at radius 3 is 2.52 bits per heavy atom. The van der Waals surface area contributed by atoms with Crippen molar-refractivity contribution >= 4 is 29.9 Å². The number of aliphatic hydroxyl groups is 1. The van der Waals surface area contributed by atoms with E-state index in [1.165, 1.54) is 0 Å². The molecule has 0 aliphatic carbocycles. The molecule has 7 nitrogen and oxygen atoms in total. The van der Waals surface area contributed by atoms with Crippen molar-refractivity contribution in [2.45, 2.75) is 52.4 Å². The molecule has 0 aliphatic rings. The van der Waals surface area contributed by atoms with Crippen molar-refractivity contribution in [3.63, 3.8) is 0 Å². The fourth-order valence-corrected chi connectivity index (χ4v) is 2.92. The molecule has 8 heteroatoms. The maximum atomic E-state index is 11.7. The van der Waals surface area contributed by atoms with Crippen LogP contribution in [0.4, 0.5) is 0 Å². The summed E-state index contributed by atoms with van der Waals surface area (Å²) < 4.78 is 7.35. The van der Waals surface area contributed by atoms with Gasteiger partial charge in [-0.25, -0.2) is 0 Å². The van der Waals surface area contributed by atoms with Crippen LogP contribution < -0.4 is 20.9 Å². The molecule has 0 radical (unpaired) electrons. The second-order valence-corrected chi connectivity index (χ2v) is 7.34. The number of aliphatic hydroxyl groups excluding tert-OH is 1. The smallest absolute Gasteiger partial charge is 0.250 e. The number of nitrogens with one attached hydrogen (secondary N) is 2. The summed E-state index contributed by atoms with van der Waals surface area (Å²) >= 11 is 0. The summed E-state index contributed by atoms with van der Waals surface area (Å²) in [6, 6.07) is 12.7. The Hall–Kier alpha value is -2.07. The van der Waals surface area contributed by atoms with Gasteiger partial charge in [-0.3, -0.25) is 9.79 Å². The number of halogens is 1. The third-order valence-electron chi connectivity index (χ3n) is 4.42. The van der Waals surface area contributed by atoms with Crippen LogP contribution in [-0.4, -0.2) is 41.4 Å². The molecule has 0 fully saturated rings. The highest BCUT2D eigenvalue weighted by Gasteiger charge is 2.08. The summed E-state index contributed by atoms with van der Waals surface area (Å²) in [5.41, 5.74) is 0.831. The van der Waals surface area contributed by atoms with Crippen LogP contribution in [0.2, 0.25) is 0 Å². The normalized spacial score (nSPS) is 12.2. The van der Waals surface area contributed by atoms with Gasteiger partial charge in [-0.15, -0.1) is 24.0 Å². The molecule has 0 saturated heterocycles. The van der Waals surface area contributed by atoms with Crippen LogP contribution in [-0.2, 0) is 6.54 Å². The number of benzene rings is 1. The van der Waals surface area contributed by atoms with Crippen LogP contribution in [0.5, 0.6) is 5.75 Å². The molecule has 0 aliphatic heterocycles. The standard InChI is InChI=1S/C23H34N4O3.HI/c1-4-24-23(25-14-6-8-16-27-15-7-5-9-22(27)29)26-17-21(28)19-10-12-20(13-11-19)30-18(2)3;/h5,7,9-13,15,18,21,28H,4,6,8,14,16-17H2,1-3H3,(H2,24,25,26);1H. The first kappa shape index (κ1) is 27.0. The SMILES string of the molecule is CCNC(=NCC(O)c1ccc(OC(C)C)cc1)NCCCCn1ccccc1=O.I. The van der Waals surface area contributed by atoms with Crippen LogP contribution >= 0.6 is 24.0 Å². The first-order chi connectivity index (χ1) is 14.5. The number of aryl methyl sites for hydroxylation is 1. The van der Waals surface area contributed by atoms with Gasteiger partial charge in [0.25, 0.3) is 0 Å². The van der Waals surface area contributed by atoms with Gasteiger partial charge in [-0.1, -0.05) is 18.2 Å². The summed E-state index contributed by atoms with van der Waals surface area (Å²) in [7, 11) is 0. The number of aliphatic imine (C=N–C) groups is 1. The van der Waals surface area contributed by atoms with E-state index in [-0.39, 0.29) is 42.2 Å². The Kier molecular flexibility index (Phi) is 12.9.